The summed E-state index contributed by atoms with van der Waals surface area (Å²) in [4.78, 5) is 21.9. The Kier molecular flexibility index (Phi) is 3.53. The molecule has 2 aromatic heterocycles. The predicted molar refractivity (Wildman–Crippen MR) is 64.6 cm³/mol. The first kappa shape index (κ1) is 12.0. The molecule has 2 amide bonds. The molecule has 2 rings (SSSR count). The SMILES string of the molecule is O=C(O)Cn1cc(NC(=O)Nc2cccs2)nn1. The Hall–Kier alpha value is -2.42. The van der Waals surface area contributed by atoms with Crippen LogP contribution in [-0.4, -0.2) is 32.1 Å². The fraction of sp³-hybridized carbons (Fsp3) is 0.111. The van der Waals surface area contributed by atoms with Crippen molar-refractivity contribution < 1.29 is 14.7 Å². The first-order chi connectivity index (χ1) is 8.63. The quantitative estimate of drug-likeness (QED) is 0.767. The van der Waals surface area contributed by atoms with Gasteiger partial charge in [0.1, 0.15) is 6.54 Å². The highest BCUT2D eigenvalue weighted by molar-refractivity contribution is 7.14. The Morgan fingerprint density at radius 3 is 2.94 bits per heavy atom. The third-order valence-corrected chi connectivity index (χ3v) is 2.62. The predicted octanol–water partition coefficient (Wildman–Crippen LogP) is 1.07. The lowest BCUT2D eigenvalue weighted by Gasteiger charge is -2.01. The molecule has 0 saturated carbocycles. The van der Waals surface area contributed by atoms with E-state index in [0.29, 0.717) is 5.00 Å². The molecule has 0 unspecified atom stereocenters. The second kappa shape index (κ2) is 5.27. The third-order valence-electron chi connectivity index (χ3n) is 1.84. The average molecular weight is 267 g/mol. The minimum atomic E-state index is -1.03. The van der Waals surface area contributed by atoms with Gasteiger partial charge in [-0.15, -0.1) is 16.4 Å². The number of nitrogens with one attached hydrogen (secondary N) is 2. The van der Waals surface area contributed by atoms with Crippen molar-refractivity contribution in [2.75, 3.05) is 10.6 Å². The number of carbonyl (C=O) groups excluding carboxylic acids is 1. The lowest BCUT2D eigenvalue weighted by atomic mass is 10.6. The van der Waals surface area contributed by atoms with Crippen LogP contribution < -0.4 is 10.6 Å². The smallest absolute Gasteiger partial charge is 0.325 e. The number of rotatable bonds is 4. The largest absolute Gasteiger partial charge is 0.480 e. The minimum absolute atomic E-state index is 0.185. The van der Waals surface area contributed by atoms with Crippen LogP contribution in [0.2, 0.25) is 0 Å². The van der Waals surface area contributed by atoms with Gasteiger partial charge in [0.05, 0.1) is 11.2 Å². The molecule has 0 aliphatic heterocycles. The molecule has 0 spiro atoms. The number of carboxylic acids is 1. The second-order valence-electron chi connectivity index (χ2n) is 3.25. The van der Waals surface area contributed by atoms with Gasteiger partial charge in [0.15, 0.2) is 5.82 Å². The van der Waals surface area contributed by atoms with Crippen molar-refractivity contribution in [3.8, 4) is 0 Å². The highest BCUT2D eigenvalue weighted by Gasteiger charge is 2.08. The maximum absolute atomic E-state index is 11.5. The van der Waals surface area contributed by atoms with Gasteiger partial charge >= 0.3 is 12.0 Å². The summed E-state index contributed by atoms with van der Waals surface area (Å²) in [5, 5.41) is 23.3. The van der Waals surface area contributed by atoms with Crippen LogP contribution >= 0.6 is 11.3 Å². The van der Waals surface area contributed by atoms with E-state index in [2.05, 4.69) is 20.9 Å². The second-order valence-corrected chi connectivity index (χ2v) is 4.20. The van der Waals surface area contributed by atoms with Gasteiger partial charge in [0.25, 0.3) is 0 Å². The number of thiophene rings is 1. The van der Waals surface area contributed by atoms with Gasteiger partial charge in [-0.1, -0.05) is 5.21 Å². The molecule has 0 saturated heterocycles. The summed E-state index contributed by atoms with van der Waals surface area (Å²) < 4.78 is 1.11. The van der Waals surface area contributed by atoms with Crippen molar-refractivity contribution in [3.63, 3.8) is 0 Å². The zero-order valence-electron chi connectivity index (χ0n) is 9.03. The van der Waals surface area contributed by atoms with Gasteiger partial charge in [-0.05, 0) is 17.5 Å². The van der Waals surface area contributed by atoms with Crippen molar-refractivity contribution in [3.05, 3.63) is 23.7 Å². The van der Waals surface area contributed by atoms with Crippen molar-refractivity contribution in [1.82, 2.24) is 15.0 Å². The van der Waals surface area contributed by atoms with Gasteiger partial charge in [-0.3, -0.25) is 15.4 Å². The Morgan fingerprint density at radius 1 is 1.44 bits per heavy atom. The molecule has 0 fully saturated rings. The van der Waals surface area contributed by atoms with E-state index in [1.165, 1.54) is 17.5 Å². The molecule has 9 heteroatoms. The van der Waals surface area contributed by atoms with E-state index in [0.717, 1.165) is 4.68 Å². The molecule has 3 N–H and O–H groups in total. The maximum atomic E-state index is 11.5. The number of nitrogens with zero attached hydrogens (tertiary/aromatic N) is 3. The highest BCUT2D eigenvalue weighted by Crippen LogP contribution is 2.15. The molecule has 0 radical (unpaired) electrons. The number of amides is 2. The number of anilines is 2. The maximum Gasteiger partial charge on any atom is 0.325 e. The summed E-state index contributed by atoms with van der Waals surface area (Å²) in [6, 6.07) is 3.11. The first-order valence-corrected chi connectivity index (χ1v) is 5.75. The van der Waals surface area contributed by atoms with Gasteiger partial charge in [0.2, 0.25) is 0 Å². The molecular weight excluding hydrogens is 258 g/mol. The number of hydrogen-bond donors (Lipinski definition) is 3. The van der Waals surface area contributed by atoms with Crippen LogP contribution in [0.4, 0.5) is 15.6 Å². The first-order valence-electron chi connectivity index (χ1n) is 4.87. The molecule has 0 aliphatic carbocycles. The van der Waals surface area contributed by atoms with Gasteiger partial charge < -0.3 is 5.11 Å². The molecule has 18 heavy (non-hydrogen) atoms. The summed E-state index contributed by atoms with van der Waals surface area (Å²) in [7, 11) is 0. The van der Waals surface area contributed by atoms with Crippen LogP contribution in [0, 0.1) is 0 Å². The number of aromatic nitrogens is 3. The number of urea groups is 1. The average Bonchev–Trinajstić information content (AvgIpc) is 2.89. The fourth-order valence-electron chi connectivity index (χ4n) is 1.18. The molecule has 0 aliphatic rings. The van der Waals surface area contributed by atoms with Crippen molar-refractivity contribution in [2.45, 2.75) is 6.54 Å². The van der Waals surface area contributed by atoms with Crippen LogP contribution in [0.3, 0.4) is 0 Å². The van der Waals surface area contributed by atoms with Gasteiger partial charge in [-0.25, -0.2) is 9.48 Å². The minimum Gasteiger partial charge on any atom is -0.480 e. The van der Waals surface area contributed by atoms with Gasteiger partial charge in [0, 0.05) is 0 Å². The van der Waals surface area contributed by atoms with Gasteiger partial charge in [-0.2, -0.15) is 0 Å². The summed E-state index contributed by atoms with van der Waals surface area (Å²) in [5.74, 6) is -0.847. The Labute approximate surface area is 105 Å². The number of aliphatic carboxylic acids is 1. The van der Waals surface area contributed by atoms with E-state index in [1.54, 1.807) is 6.07 Å². The molecule has 2 heterocycles. The summed E-state index contributed by atoms with van der Waals surface area (Å²) in [6.45, 7) is -0.304. The molecular formula is C9H9N5O3S. The normalized spacial score (nSPS) is 10.0. The standard InChI is InChI=1S/C9H9N5O3S/c15-8(16)5-14-4-6(12-13-14)10-9(17)11-7-2-1-3-18-7/h1-4H,5H2,(H,15,16)(H2,10,11,17). The molecule has 94 valence electrons. The van der Waals surface area contributed by atoms with E-state index in [1.807, 2.05) is 11.4 Å². The van der Waals surface area contributed by atoms with Crippen LogP contribution in [-0.2, 0) is 11.3 Å². The summed E-state index contributed by atoms with van der Waals surface area (Å²) >= 11 is 1.38. The Balaban J connectivity index is 1.91. The fourth-order valence-corrected chi connectivity index (χ4v) is 1.79. The zero-order valence-corrected chi connectivity index (χ0v) is 9.85. The van der Waals surface area contributed by atoms with Crippen LogP contribution in [0.15, 0.2) is 23.7 Å². The van der Waals surface area contributed by atoms with Crippen LogP contribution in [0.5, 0.6) is 0 Å². The summed E-state index contributed by atoms with van der Waals surface area (Å²) in [5.41, 5.74) is 0. The lowest BCUT2D eigenvalue weighted by molar-refractivity contribution is -0.137. The Bertz CT molecular complexity index is 550. The number of hydrogen-bond acceptors (Lipinski definition) is 5. The van der Waals surface area contributed by atoms with Crippen LogP contribution in [0.25, 0.3) is 0 Å². The molecule has 2 aromatic rings. The molecule has 0 atom stereocenters. The van der Waals surface area contributed by atoms with E-state index in [9.17, 15) is 9.59 Å². The molecule has 0 bridgehead atoms. The van der Waals surface area contributed by atoms with Crippen molar-refractivity contribution >= 4 is 34.2 Å². The third kappa shape index (κ3) is 3.28. The van der Waals surface area contributed by atoms with E-state index in [-0.39, 0.29) is 12.4 Å². The van der Waals surface area contributed by atoms with E-state index >= 15 is 0 Å². The zero-order chi connectivity index (χ0) is 13.0. The number of carbonyl (C=O) groups is 2. The van der Waals surface area contributed by atoms with Crippen LogP contribution in [0.1, 0.15) is 0 Å². The Morgan fingerprint density at radius 2 is 2.28 bits per heavy atom. The monoisotopic (exact) mass is 267 g/mol. The van der Waals surface area contributed by atoms with E-state index in [4.69, 9.17) is 5.11 Å². The van der Waals surface area contributed by atoms with Crippen molar-refractivity contribution in [2.24, 2.45) is 0 Å². The summed E-state index contributed by atoms with van der Waals surface area (Å²) in [6.07, 6.45) is 1.34. The topological polar surface area (TPSA) is 109 Å². The molecule has 0 aromatic carbocycles. The number of carboxylic acid groups (broad SMARTS) is 1. The van der Waals surface area contributed by atoms with E-state index < -0.39 is 12.0 Å². The molecule has 8 nitrogen and oxygen atoms in total. The lowest BCUT2D eigenvalue weighted by Crippen LogP contribution is -2.18. The van der Waals surface area contributed by atoms with Crippen molar-refractivity contribution in [1.29, 1.82) is 0 Å². The highest BCUT2D eigenvalue weighted by atomic mass is 32.1.